The molecule has 29 heavy (non-hydrogen) atoms. The zero-order chi connectivity index (χ0) is 21.0. The molecule has 0 atom stereocenters. The Balaban J connectivity index is 1.58. The molecule has 0 unspecified atom stereocenters. The summed E-state index contributed by atoms with van der Waals surface area (Å²) in [6.45, 7) is 9.52. The van der Waals surface area contributed by atoms with Gasteiger partial charge < -0.3 is 19.7 Å². The summed E-state index contributed by atoms with van der Waals surface area (Å²) in [5.41, 5.74) is 1.08. The Morgan fingerprint density at radius 2 is 1.97 bits per heavy atom. The summed E-state index contributed by atoms with van der Waals surface area (Å²) in [4.78, 5) is 24.5. The molecule has 1 saturated heterocycles. The Morgan fingerprint density at radius 1 is 1.24 bits per heavy atom. The van der Waals surface area contributed by atoms with Crippen LogP contribution < -0.4 is 15.0 Å². The maximum Gasteiger partial charge on any atom is 0.407 e. The van der Waals surface area contributed by atoms with Crippen molar-refractivity contribution in [2.45, 2.75) is 26.4 Å². The van der Waals surface area contributed by atoms with Gasteiger partial charge in [-0.15, -0.1) is 0 Å². The number of rotatable bonds is 5. The summed E-state index contributed by atoms with van der Waals surface area (Å²) in [5.74, 6) is 0.0382. The van der Waals surface area contributed by atoms with E-state index in [-0.39, 0.29) is 0 Å². The molecule has 1 fully saturated rings. The van der Waals surface area contributed by atoms with Crippen LogP contribution >= 0.6 is 0 Å². The molecule has 0 bridgehead atoms. The number of methoxy groups -OCH3 is 1. The van der Waals surface area contributed by atoms with Crippen LogP contribution in [0.25, 0.3) is 11.0 Å². The van der Waals surface area contributed by atoms with Gasteiger partial charge in [0, 0.05) is 45.3 Å². The van der Waals surface area contributed by atoms with Crippen molar-refractivity contribution in [2.75, 3.05) is 51.3 Å². The van der Waals surface area contributed by atoms with Crippen LogP contribution in [-0.4, -0.2) is 72.9 Å². The van der Waals surface area contributed by atoms with Gasteiger partial charge in [-0.1, -0.05) is 0 Å². The molecule has 2 aromatic rings. The van der Waals surface area contributed by atoms with Gasteiger partial charge in [0.05, 0.1) is 18.8 Å². The van der Waals surface area contributed by atoms with Crippen LogP contribution in [0.3, 0.4) is 0 Å². The number of anilines is 1. The maximum absolute atomic E-state index is 14.6. The van der Waals surface area contributed by atoms with E-state index >= 15 is 0 Å². The van der Waals surface area contributed by atoms with E-state index < -0.39 is 17.5 Å². The number of ether oxygens (including phenoxy) is 2. The zero-order valence-corrected chi connectivity index (χ0v) is 17.4. The quantitative estimate of drug-likeness (QED) is 0.818. The van der Waals surface area contributed by atoms with Crippen molar-refractivity contribution in [3.63, 3.8) is 0 Å². The predicted octanol–water partition coefficient (Wildman–Crippen LogP) is 2.42. The third-order valence-electron chi connectivity index (χ3n) is 4.61. The van der Waals surface area contributed by atoms with Gasteiger partial charge in [-0.3, -0.25) is 9.88 Å². The summed E-state index contributed by atoms with van der Waals surface area (Å²) in [5, 5.41) is 2.77. The van der Waals surface area contributed by atoms with Gasteiger partial charge in [-0.2, -0.15) is 0 Å². The molecule has 8 nitrogen and oxygen atoms in total. The molecule has 1 N–H and O–H groups in total. The van der Waals surface area contributed by atoms with Gasteiger partial charge in [0.25, 0.3) is 0 Å². The number of nitrogens with zero attached hydrogens (tertiary/aromatic N) is 4. The highest BCUT2D eigenvalue weighted by Crippen LogP contribution is 2.29. The lowest BCUT2D eigenvalue weighted by Crippen LogP contribution is -2.49. The number of amides is 1. The Labute approximate surface area is 170 Å². The number of nitrogens with one attached hydrogen (secondary N) is 1. The monoisotopic (exact) mass is 405 g/mol. The fourth-order valence-electron chi connectivity index (χ4n) is 3.25. The van der Waals surface area contributed by atoms with Crippen molar-refractivity contribution in [1.29, 1.82) is 0 Å². The number of pyridine rings is 2. The number of carbonyl (C=O) groups excluding carboxylic acids is 1. The number of hydrogen-bond donors (Lipinski definition) is 1. The highest BCUT2D eigenvalue weighted by atomic mass is 19.1. The summed E-state index contributed by atoms with van der Waals surface area (Å²) < 4.78 is 25.0. The smallest absolute Gasteiger partial charge is 0.407 e. The average Bonchev–Trinajstić information content (AvgIpc) is 2.67. The van der Waals surface area contributed by atoms with Gasteiger partial charge in [0.1, 0.15) is 16.8 Å². The largest absolute Gasteiger partial charge is 0.481 e. The normalized spacial score (nSPS) is 15.4. The number of alkyl carbamates (subject to hydrolysis) is 1. The van der Waals surface area contributed by atoms with E-state index in [0.717, 1.165) is 13.1 Å². The Hall–Kier alpha value is -2.68. The van der Waals surface area contributed by atoms with E-state index in [4.69, 9.17) is 9.47 Å². The third-order valence-corrected chi connectivity index (χ3v) is 4.61. The molecule has 0 saturated carbocycles. The fraction of sp³-hybridized carbons (Fsp3) is 0.550. The van der Waals surface area contributed by atoms with Crippen LogP contribution in [0.4, 0.5) is 14.9 Å². The van der Waals surface area contributed by atoms with Crippen molar-refractivity contribution in [3.05, 3.63) is 24.1 Å². The van der Waals surface area contributed by atoms with E-state index in [2.05, 4.69) is 20.2 Å². The lowest BCUT2D eigenvalue weighted by molar-refractivity contribution is 0.0521. The molecule has 1 aliphatic heterocycles. The molecular formula is C20H28FN5O3. The van der Waals surface area contributed by atoms with E-state index in [0.29, 0.717) is 48.8 Å². The molecule has 0 spiro atoms. The van der Waals surface area contributed by atoms with Gasteiger partial charge >= 0.3 is 6.09 Å². The standard InChI is InChI=1S/C20H28FN5O3/c1-20(2,3)29-19(27)22-7-8-25-9-11-26(12-10-25)18-14(21)13-23-15-5-6-16(28-4)24-17(15)18/h5-6,13H,7-12H2,1-4H3,(H,22,27). The first kappa shape index (κ1) is 21.0. The van der Waals surface area contributed by atoms with E-state index in [1.54, 1.807) is 12.1 Å². The Bertz CT molecular complexity index is 863. The maximum atomic E-state index is 14.6. The van der Waals surface area contributed by atoms with E-state index in [1.807, 2.05) is 25.7 Å². The summed E-state index contributed by atoms with van der Waals surface area (Å²) in [6.07, 6.45) is 0.824. The second-order valence-corrected chi connectivity index (χ2v) is 7.93. The summed E-state index contributed by atoms with van der Waals surface area (Å²) in [6, 6.07) is 3.50. The van der Waals surface area contributed by atoms with Crippen LogP contribution in [-0.2, 0) is 4.74 Å². The van der Waals surface area contributed by atoms with Gasteiger partial charge in [0.15, 0.2) is 5.82 Å². The Kier molecular flexibility index (Phi) is 6.36. The van der Waals surface area contributed by atoms with E-state index in [9.17, 15) is 9.18 Å². The van der Waals surface area contributed by atoms with Crippen molar-refractivity contribution >= 4 is 22.8 Å². The molecule has 0 aliphatic carbocycles. The lowest BCUT2D eigenvalue weighted by atomic mass is 10.2. The van der Waals surface area contributed by atoms with Gasteiger partial charge in [0.2, 0.25) is 5.88 Å². The summed E-state index contributed by atoms with van der Waals surface area (Å²) in [7, 11) is 1.53. The third kappa shape index (κ3) is 5.44. The number of fused-ring (bicyclic) bond motifs is 1. The molecule has 158 valence electrons. The molecule has 1 aliphatic rings. The average molecular weight is 405 g/mol. The van der Waals surface area contributed by atoms with Crippen LogP contribution in [0.2, 0.25) is 0 Å². The molecule has 0 aromatic carbocycles. The van der Waals surface area contributed by atoms with Crippen LogP contribution in [0.5, 0.6) is 5.88 Å². The van der Waals surface area contributed by atoms with Gasteiger partial charge in [-0.25, -0.2) is 14.2 Å². The molecule has 3 rings (SSSR count). The number of carbonyl (C=O) groups is 1. The minimum absolute atomic E-state index is 0.390. The van der Waals surface area contributed by atoms with E-state index in [1.165, 1.54) is 13.3 Å². The van der Waals surface area contributed by atoms with Crippen LogP contribution in [0, 0.1) is 5.82 Å². The van der Waals surface area contributed by atoms with Crippen LogP contribution in [0.1, 0.15) is 20.8 Å². The molecule has 9 heteroatoms. The molecule has 3 heterocycles. The number of piperazine rings is 1. The topological polar surface area (TPSA) is 79.8 Å². The van der Waals surface area contributed by atoms with Crippen molar-refractivity contribution in [3.8, 4) is 5.88 Å². The molecule has 2 aromatic heterocycles. The molecule has 1 amide bonds. The fourth-order valence-corrected chi connectivity index (χ4v) is 3.25. The minimum Gasteiger partial charge on any atom is -0.481 e. The Morgan fingerprint density at radius 3 is 2.62 bits per heavy atom. The first-order valence-electron chi connectivity index (χ1n) is 9.70. The lowest BCUT2D eigenvalue weighted by Gasteiger charge is -2.36. The first-order valence-corrected chi connectivity index (χ1v) is 9.70. The highest BCUT2D eigenvalue weighted by Gasteiger charge is 2.23. The summed E-state index contributed by atoms with van der Waals surface area (Å²) >= 11 is 0. The number of halogens is 1. The second-order valence-electron chi connectivity index (χ2n) is 7.93. The predicted molar refractivity (Wildman–Crippen MR) is 109 cm³/mol. The second kappa shape index (κ2) is 8.77. The highest BCUT2D eigenvalue weighted by molar-refractivity contribution is 5.88. The number of aromatic nitrogens is 2. The SMILES string of the molecule is COc1ccc2ncc(F)c(N3CCN(CCNC(=O)OC(C)(C)C)CC3)c2n1. The zero-order valence-electron chi connectivity index (χ0n) is 17.4. The van der Waals surface area contributed by atoms with Crippen molar-refractivity contribution in [2.24, 2.45) is 0 Å². The number of hydrogen-bond acceptors (Lipinski definition) is 7. The molecule has 0 radical (unpaired) electrons. The molecular weight excluding hydrogens is 377 g/mol. The van der Waals surface area contributed by atoms with Crippen molar-refractivity contribution in [1.82, 2.24) is 20.2 Å². The van der Waals surface area contributed by atoms with Crippen molar-refractivity contribution < 1.29 is 18.7 Å². The first-order chi connectivity index (χ1) is 13.8. The van der Waals surface area contributed by atoms with Crippen LogP contribution in [0.15, 0.2) is 18.3 Å². The van der Waals surface area contributed by atoms with Gasteiger partial charge in [-0.05, 0) is 26.8 Å². The minimum atomic E-state index is -0.510.